The molecule has 2 aromatic rings. The number of benzene rings is 2. The van der Waals surface area contributed by atoms with Gasteiger partial charge < -0.3 is 18.9 Å². The largest absolute Gasteiger partial charge is 0.488 e. The second-order valence-electron chi connectivity index (χ2n) is 7.36. The highest BCUT2D eigenvalue weighted by Gasteiger charge is 2.25. The van der Waals surface area contributed by atoms with E-state index in [4.69, 9.17) is 42.1 Å². The van der Waals surface area contributed by atoms with E-state index in [0.717, 1.165) is 23.3 Å². The lowest BCUT2D eigenvalue weighted by Gasteiger charge is -2.27. The second kappa shape index (κ2) is 12.3. The lowest BCUT2D eigenvalue weighted by Crippen LogP contribution is -2.19. The molecule has 0 aliphatic carbocycles. The lowest BCUT2D eigenvalue weighted by molar-refractivity contribution is -0.139. The predicted octanol–water partition coefficient (Wildman–Crippen LogP) is 5.54. The third kappa shape index (κ3) is 7.55. The van der Waals surface area contributed by atoms with Crippen LogP contribution in [0.1, 0.15) is 25.0 Å². The molecule has 0 aliphatic rings. The number of carbonyl (C=O) groups is 2. The minimum atomic E-state index is -0.506. The highest BCUT2D eigenvalue weighted by atomic mass is 35.5. The minimum absolute atomic E-state index is 0.0953. The molecule has 33 heavy (non-hydrogen) atoms. The Hall–Kier alpha value is -2.96. The highest BCUT2D eigenvalue weighted by molar-refractivity contribution is 6.32. The van der Waals surface area contributed by atoms with Crippen LogP contribution in [0.15, 0.2) is 61.7 Å². The summed E-state index contributed by atoms with van der Waals surface area (Å²) in [6.45, 7) is 11.3. The standard InChI is InChI=1S/C25H26Cl2O6/c1-5-23(28)32-13-11-30-21-9-7-17(15-19(21)26)25(3,4)18-8-10-22(20(27)16-18)31-12-14-33-24(29)6-2/h5-10,15-16H,1-2,11-14H2,3-4H3. The summed E-state index contributed by atoms with van der Waals surface area (Å²) >= 11 is 12.8. The molecule has 0 spiro atoms. The van der Waals surface area contributed by atoms with Gasteiger partial charge in [-0.1, -0.05) is 62.3 Å². The van der Waals surface area contributed by atoms with Crippen LogP contribution in [-0.2, 0) is 24.5 Å². The van der Waals surface area contributed by atoms with Crippen molar-refractivity contribution in [1.82, 2.24) is 0 Å². The molecule has 0 radical (unpaired) electrons. The first-order valence-electron chi connectivity index (χ1n) is 10.1. The lowest BCUT2D eigenvalue weighted by atomic mass is 9.78. The van der Waals surface area contributed by atoms with E-state index in [-0.39, 0.29) is 26.4 Å². The summed E-state index contributed by atoms with van der Waals surface area (Å²) in [6, 6.07) is 11.1. The van der Waals surface area contributed by atoms with Crippen molar-refractivity contribution in [2.75, 3.05) is 26.4 Å². The Morgan fingerprint density at radius 3 is 1.52 bits per heavy atom. The number of hydrogen-bond acceptors (Lipinski definition) is 6. The second-order valence-corrected chi connectivity index (χ2v) is 8.17. The molecule has 0 aliphatic heterocycles. The van der Waals surface area contributed by atoms with Gasteiger partial charge in [0.1, 0.15) is 37.9 Å². The zero-order valence-corrected chi connectivity index (χ0v) is 20.1. The van der Waals surface area contributed by atoms with Gasteiger partial charge in [-0.25, -0.2) is 9.59 Å². The molecule has 0 fully saturated rings. The van der Waals surface area contributed by atoms with Gasteiger partial charge >= 0.3 is 11.9 Å². The van der Waals surface area contributed by atoms with Crippen LogP contribution in [0, 0.1) is 0 Å². The van der Waals surface area contributed by atoms with E-state index in [0.29, 0.717) is 21.5 Å². The first kappa shape index (κ1) is 26.3. The molecule has 0 amide bonds. The fraction of sp³-hybridized carbons (Fsp3) is 0.280. The van der Waals surface area contributed by atoms with Crippen molar-refractivity contribution < 1.29 is 28.5 Å². The van der Waals surface area contributed by atoms with Crippen molar-refractivity contribution in [3.63, 3.8) is 0 Å². The Bertz CT molecular complexity index is 936. The number of hydrogen-bond donors (Lipinski definition) is 0. The molecule has 0 saturated heterocycles. The fourth-order valence-electron chi connectivity index (χ4n) is 2.89. The van der Waals surface area contributed by atoms with Crippen molar-refractivity contribution in [3.8, 4) is 11.5 Å². The zero-order chi connectivity index (χ0) is 24.4. The number of halogens is 2. The first-order valence-corrected chi connectivity index (χ1v) is 10.9. The molecule has 0 heterocycles. The summed E-state index contributed by atoms with van der Waals surface area (Å²) in [7, 11) is 0. The van der Waals surface area contributed by atoms with Gasteiger partial charge in [0.15, 0.2) is 0 Å². The zero-order valence-electron chi connectivity index (χ0n) is 18.6. The molecule has 0 aromatic heterocycles. The Labute approximate surface area is 203 Å². The maximum Gasteiger partial charge on any atom is 0.330 e. The summed E-state index contributed by atoms with van der Waals surface area (Å²) in [6.07, 6.45) is 2.19. The van der Waals surface area contributed by atoms with Crippen LogP contribution in [0.2, 0.25) is 10.0 Å². The third-order valence-electron chi connectivity index (χ3n) is 4.81. The van der Waals surface area contributed by atoms with Gasteiger partial charge in [-0.2, -0.15) is 0 Å². The monoisotopic (exact) mass is 492 g/mol. The number of ether oxygens (including phenoxy) is 4. The summed E-state index contributed by atoms with van der Waals surface area (Å²) in [5.74, 6) is -0.0318. The van der Waals surface area contributed by atoms with Crippen LogP contribution < -0.4 is 9.47 Å². The van der Waals surface area contributed by atoms with E-state index in [1.165, 1.54) is 0 Å². The Morgan fingerprint density at radius 1 is 0.788 bits per heavy atom. The van der Waals surface area contributed by atoms with Crippen LogP contribution in [-0.4, -0.2) is 38.4 Å². The molecule has 2 aromatic carbocycles. The molecule has 2 rings (SSSR count). The van der Waals surface area contributed by atoms with E-state index in [2.05, 4.69) is 27.0 Å². The molecular formula is C25H26Cl2O6. The summed E-state index contributed by atoms with van der Waals surface area (Å²) in [4.78, 5) is 22.1. The van der Waals surface area contributed by atoms with E-state index in [9.17, 15) is 9.59 Å². The third-order valence-corrected chi connectivity index (χ3v) is 5.40. The van der Waals surface area contributed by atoms with Crippen molar-refractivity contribution in [2.24, 2.45) is 0 Å². The van der Waals surface area contributed by atoms with E-state index in [1.54, 1.807) is 12.1 Å². The highest BCUT2D eigenvalue weighted by Crippen LogP contribution is 2.38. The first-order chi connectivity index (χ1) is 15.7. The minimum Gasteiger partial charge on any atom is -0.488 e. The molecule has 176 valence electrons. The maximum atomic E-state index is 11.1. The van der Waals surface area contributed by atoms with Crippen molar-refractivity contribution >= 4 is 35.1 Å². The van der Waals surface area contributed by atoms with Gasteiger partial charge in [-0.05, 0) is 35.4 Å². The summed E-state index contributed by atoms with van der Waals surface area (Å²) in [5, 5.41) is 0.881. The predicted molar refractivity (Wildman–Crippen MR) is 128 cm³/mol. The topological polar surface area (TPSA) is 71.1 Å². The van der Waals surface area contributed by atoms with Crippen molar-refractivity contribution in [1.29, 1.82) is 0 Å². The van der Waals surface area contributed by atoms with Crippen LogP contribution in [0.25, 0.3) is 0 Å². The van der Waals surface area contributed by atoms with Gasteiger partial charge in [0.05, 0.1) is 10.0 Å². The van der Waals surface area contributed by atoms with Crippen LogP contribution in [0.4, 0.5) is 0 Å². The molecular weight excluding hydrogens is 467 g/mol. The van der Waals surface area contributed by atoms with Crippen LogP contribution in [0.5, 0.6) is 11.5 Å². The molecule has 8 heteroatoms. The Morgan fingerprint density at radius 2 is 1.18 bits per heavy atom. The average Bonchev–Trinajstić information content (AvgIpc) is 2.80. The number of carbonyl (C=O) groups excluding carboxylic acids is 2. The van der Waals surface area contributed by atoms with E-state index in [1.807, 2.05) is 24.3 Å². The summed E-state index contributed by atoms with van der Waals surface area (Å²) < 4.78 is 20.9. The van der Waals surface area contributed by atoms with E-state index >= 15 is 0 Å². The van der Waals surface area contributed by atoms with Gasteiger partial charge in [0, 0.05) is 17.6 Å². The Balaban J connectivity index is 2.04. The quantitative estimate of drug-likeness (QED) is 0.220. The smallest absolute Gasteiger partial charge is 0.330 e. The Kier molecular flexibility index (Phi) is 9.82. The molecule has 0 saturated carbocycles. The van der Waals surface area contributed by atoms with Gasteiger partial charge in [-0.3, -0.25) is 0 Å². The molecule has 0 unspecified atom stereocenters. The SMILES string of the molecule is C=CC(=O)OCCOc1ccc(C(C)(C)c2ccc(OCCOC(=O)C=C)c(Cl)c2)cc1Cl. The molecule has 0 N–H and O–H groups in total. The summed E-state index contributed by atoms with van der Waals surface area (Å²) in [5.41, 5.74) is 1.50. The van der Waals surface area contributed by atoms with Crippen molar-refractivity contribution in [3.05, 3.63) is 82.9 Å². The van der Waals surface area contributed by atoms with Crippen LogP contribution in [0.3, 0.4) is 0 Å². The normalized spacial score (nSPS) is 10.8. The average molecular weight is 493 g/mol. The maximum absolute atomic E-state index is 11.1. The van der Waals surface area contributed by atoms with Crippen molar-refractivity contribution in [2.45, 2.75) is 19.3 Å². The molecule has 0 atom stereocenters. The molecule has 6 nitrogen and oxygen atoms in total. The van der Waals surface area contributed by atoms with Gasteiger partial charge in [0.2, 0.25) is 0 Å². The number of esters is 2. The van der Waals surface area contributed by atoms with Gasteiger partial charge in [-0.15, -0.1) is 0 Å². The van der Waals surface area contributed by atoms with Crippen LogP contribution >= 0.6 is 23.2 Å². The van der Waals surface area contributed by atoms with E-state index < -0.39 is 17.4 Å². The fourth-order valence-corrected chi connectivity index (χ4v) is 3.36. The molecule has 0 bridgehead atoms. The van der Waals surface area contributed by atoms with Gasteiger partial charge in [0.25, 0.3) is 0 Å². The number of rotatable bonds is 12.